The first kappa shape index (κ1) is 18.2. The largest absolute Gasteiger partial charge is 0.464 e. The van der Waals surface area contributed by atoms with Crippen LogP contribution in [0.2, 0.25) is 0 Å². The highest BCUT2D eigenvalue weighted by atomic mass is 31.1. The van der Waals surface area contributed by atoms with E-state index in [-0.39, 0.29) is 11.3 Å². The molecule has 0 radical (unpaired) electrons. The van der Waals surface area contributed by atoms with Crippen LogP contribution in [0.3, 0.4) is 0 Å². The Kier molecular flexibility index (Phi) is 8.08. The van der Waals surface area contributed by atoms with E-state index < -0.39 is 7.95 Å². The minimum atomic E-state index is -1.54. The Morgan fingerprint density at radius 1 is 1.47 bits per heavy atom. The lowest BCUT2D eigenvalue weighted by atomic mass is 9.81. The Balaban J connectivity index is 5.18. The van der Waals surface area contributed by atoms with Gasteiger partial charge in [0.1, 0.15) is 0 Å². The number of hydrogen-bond acceptors (Lipinski definition) is 2. The molecule has 0 saturated carbocycles. The SMILES string of the molecule is C=CC=C(C)C(=CCC(OC)[P+](=O)NC)C(C)(C)C. The second-order valence-corrected chi connectivity index (χ2v) is 7.10. The third kappa shape index (κ3) is 6.29. The van der Waals surface area contributed by atoms with Crippen LogP contribution in [0.1, 0.15) is 34.1 Å². The number of nitrogens with one attached hydrogen (secondary N) is 1. The van der Waals surface area contributed by atoms with Gasteiger partial charge >= 0.3 is 7.95 Å². The van der Waals surface area contributed by atoms with Gasteiger partial charge in [0.05, 0.1) is 0 Å². The molecule has 0 fully saturated rings. The molecule has 4 heteroatoms. The molecule has 0 aromatic carbocycles. The van der Waals surface area contributed by atoms with Crippen molar-refractivity contribution in [2.45, 2.75) is 40.0 Å². The van der Waals surface area contributed by atoms with Crippen LogP contribution in [0.4, 0.5) is 0 Å². The van der Waals surface area contributed by atoms with Crippen molar-refractivity contribution >= 4 is 7.95 Å². The van der Waals surface area contributed by atoms with E-state index in [1.54, 1.807) is 20.2 Å². The highest BCUT2D eigenvalue weighted by Gasteiger charge is 2.29. The summed E-state index contributed by atoms with van der Waals surface area (Å²) in [7, 11) is 1.73. The number of methoxy groups -OCH3 is 1. The number of hydrogen-bond donors (Lipinski definition) is 1. The minimum absolute atomic E-state index is 0.0349. The summed E-state index contributed by atoms with van der Waals surface area (Å²) in [5.41, 5.74) is 2.44. The average molecular weight is 284 g/mol. The third-order valence-electron chi connectivity index (χ3n) is 2.88. The van der Waals surface area contributed by atoms with E-state index in [0.717, 1.165) is 0 Å². The highest BCUT2D eigenvalue weighted by Crippen LogP contribution is 2.34. The van der Waals surface area contributed by atoms with Crippen LogP contribution in [0, 0.1) is 5.41 Å². The lowest BCUT2D eigenvalue weighted by molar-refractivity contribution is 0.166. The van der Waals surface area contributed by atoms with Crippen LogP contribution in [-0.2, 0) is 9.30 Å². The predicted octanol–water partition coefficient (Wildman–Crippen LogP) is 4.42. The molecule has 0 spiro atoms. The van der Waals surface area contributed by atoms with Crippen molar-refractivity contribution in [3.8, 4) is 0 Å². The summed E-state index contributed by atoms with van der Waals surface area (Å²) in [6, 6.07) is 0. The van der Waals surface area contributed by atoms with Gasteiger partial charge in [-0.15, -0.1) is 5.09 Å². The Hall–Kier alpha value is -0.760. The minimum Gasteiger partial charge on any atom is -0.337 e. The first-order valence-electron chi connectivity index (χ1n) is 6.44. The molecule has 108 valence electrons. The summed E-state index contributed by atoms with van der Waals surface area (Å²) in [6.07, 6.45) is 6.53. The highest BCUT2D eigenvalue weighted by molar-refractivity contribution is 7.43. The molecule has 1 N–H and O–H groups in total. The number of allylic oxidation sites excluding steroid dienone is 4. The fraction of sp³-hybridized carbons (Fsp3) is 0.600. The van der Waals surface area contributed by atoms with E-state index in [1.165, 1.54) is 11.1 Å². The molecule has 2 unspecified atom stereocenters. The molecule has 2 atom stereocenters. The molecule has 0 aliphatic rings. The topological polar surface area (TPSA) is 38.3 Å². The number of rotatable bonds is 7. The zero-order valence-corrected chi connectivity index (χ0v) is 13.9. The van der Waals surface area contributed by atoms with Crippen molar-refractivity contribution in [3.05, 3.63) is 36.0 Å². The first-order chi connectivity index (χ1) is 8.77. The molecule has 3 nitrogen and oxygen atoms in total. The molecule has 0 heterocycles. The van der Waals surface area contributed by atoms with E-state index in [1.807, 2.05) is 6.08 Å². The van der Waals surface area contributed by atoms with Gasteiger partial charge in [0.2, 0.25) is 0 Å². The fourth-order valence-corrected chi connectivity index (χ4v) is 2.75. The van der Waals surface area contributed by atoms with Crippen LogP contribution >= 0.6 is 7.95 Å². The van der Waals surface area contributed by atoms with Gasteiger partial charge in [-0.2, -0.15) is 0 Å². The van der Waals surface area contributed by atoms with E-state index in [4.69, 9.17) is 4.74 Å². The van der Waals surface area contributed by atoms with Crippen LogP contribution in [0.5, 0.6) is 0 Å². The summed E-state index contributed by atoms with van der Waals surface area (Å²) in [6.45, 7) is 12.3. The van der Waals surface area contributed by atoms with Crippen molar-refractivity contribution in [1.82, 2.24) is 5.09 Å². The van der Waals surface area contributed by atoms with Gasteiger partial charge < -0.3 is 4.74 Å². The predicted molar refractivity (Wildman–Crippen MR) is 83.6 cm³/mol. The van der Waals surface area contributed by atoms with E-state index in [9.17, 15) is 4.57 Å². The van der Waals surface area contributed by atoms with Crippen LogP contribution in [0.15, 0.2) is 36.0 Å². The summed E-state index contributed by atoms with van der Waals surface area (Å²) in [5, 5.41) is 2.76. The maximum absolute atomic E-state index is 11.8. The standard InChI is InChI=1S/C15H27NO2P/c1-8-9-12(2)13(15(3,4)5)10-11-14(18-7)19(17)16-6/h8-10,14H,1,11H2,2-7H3,(H,16,17)/q+1. The third-order valence-corrected chi connectivity index (χ3v) is 4.26. The zero-order valence-electron chi connectivity index (χ0n) is 13.0. The maximum Gasteiger partial charge on any atom is 0.464 e. The molecule has 0 aromatic rings. The zero-order chi connectivity index (χ0) is 15.1. The fourth-order valence-electron chi connectivity index (χ4n) is 1.98. The monoisotopic (exact) mass is 284 g/mol. The van der Waals surface area contributed by atoms with Crippen LogP contribution in [0.25, 0.3) is 0 Å². The summed E-state index contributed by atoms with van der Waals surface area (Å²) in [4.78, 5) is 0. The average Bonchev–Trinajstić information content (AvgIpc) is 2.32. The Morgan fingerprint density at radius 3 is 2.42 bits per heavy atom. The van der Waals surface area contributed by atoms with Gasteiger partial charge in [0, 0.05) is 20.6 Å². The summed E-state index contributed by atoms with van der Waals surface area (Å²) >= 11 is 0. The van der Waals surface area contributed by atoms with Gasteiger partial charge in [0.25, 0.3) is 5.85 Å². The van der Waals surface area contributed by atoms with Crippen molar-refractivity contribution in [3.63, 3.8) is 0 Å². The molecule has 19 heavy (non-hydrogen) atoms. The van der Waals surface area contributed by atoms with E-state index in [0.29, 0.717) is 6.42 Å². The lowest BCUT2D eigenvalue weighted by Crippen LogP contribution is -2.14. The van der Waals surface area contributed by atoms with Crippen molar-refractivity contribution in [1.29, 1.82) is 0 Å². The summed E-state index contributed by atoms with van der Waals surface area (Å²) in [5.74, 6) is -0.297. The number of ether oxygens (including phenoxy) is 1. The molecule has 0 bridgehead atoms. The maximum atomic E-state index is 11.8. The Labute approximate surface area is 118 Å². The Morgan fingerprint density at radius 2 is 2.05 bits per heavy atom. The van der Waals surface area contributed by atoms with E-state index in [2.05, 4.69) is 45.4 Å². The molecular weight excluding hydrogens is 257 g/mol. The van der Waals surface area contributed by atoms with E-state index >= 15 is 0 Å². The lowest BCUT2D eigenvalue weighted by Gasteiger charge is -2.24. The molecule has 0 amide bonds. The first-order valence-corrected chi connectivity index (χ1v) is 7.77. The second kappa shape index (κ2) is 8.42. The van der Waals surface area contributed by atoms with Gasteiger partial charge in [0.15, 0.2) is 0 Å². The van der Waals surface area contributed by atoms with Crippen LogP contribution < -0.4 is 5.09 Å². The normalized spacial score (nSPS) is 16.2. The quantitative estimate of drug-likeness (QED) is 0.555. The molecule has 0 rings (SSSR count). The van der Waals surface area contributed by atoms with Gasteiger partial charge in [-0.1, -0.05) is 45.6 Å². The molecule has 0 aliphatic heterocycles. The molecule has 0 aromatic heterocycles. The van der Waals surface area contributed by atoms with Gasteiger partial charge in [-0.3, -0.25) is 0 Å². The smallest absolute Gasteiger partial charge is 0.337 e. The van der Waals surface area contributed by atoms with Gasteiger partial charge in [-0.05, 0) is 28.0 Å². The molecular formula is C15H27NO2P+. The summed E-state index contributed by atoms with van der Waals surface area (Å²) < 4.78 is 17.0. The van der Waals surface area contributed by atoms with Crippen LogP contribution in [-0.4, -0.2) is 20.0 Å². The second-order valence-electron chi connectivity index (χ2n) is 5.43. The van der Waals surface area contributed by atoms with Crippen molar-refractivity contribution in [2.24, 2.45) is 5.41 Å². The van der Waals surface area contributed by atoms with Crippen molar-refractivity contribution < 1.29 is 9.30 Å². The Bertz CT molecular complexity index is 378. The molecule has 0 saturated heterocycles. The van der Waals surface area contributed by atoms with Gasteiger partial charge in [-0.25, -0.2) is 0 Å². The van der Waals surface area contributed by atoms with Crippen molar-refractivity contribution in [2.75, 3.05) is 14.2 Å². The molecule has 0 aliphatic carbocycles.